The summed E-state index contributed by atoms with van der Waals surface area (Å²) in [4.78, 5) is 16.7. The zero-order chi connectivity index (χ0) is 25.4. The second kappa shape index (κ2) is 12.4. The number of ketones is 1. The number of carbonyl (C=O) groups is 1. The van der Waals surface area contributed by atoms with Crippen molar-refractivity contribution in [1.82, 2.24) is 4.98 Å². The van der Waals surface area contributed by atoms with Gasteiger partial charge in [-0.25, -0.2) is 8.78 Å². The van der Waals surface area contributed by atoms with Gasteiger partial charge >= 0.3 is 0 Å². The Labute approximate surface area is 206 Å². The summed E-state index contributed by atoms with van der Waals surface area (Å²) in [6, 6.07) is 5.48. The normalized spacial score (nSPS) is 15.4. The zero-order valence-corrected chi connectivity index (χ0v) is 21.0. The van der Waals surface area contributed by atoms with Gasteiger partial charge in [-0.15, -0.1) is 0 Å². The first-order valence-electron chi connectivity index (χ1n) is 12.2. The molecular formula is C27H36F2N2O4. The predicted molar refractivity (Wildman–Crippen MR) is 132 cm³/mol. The van der Waals surface area contributed by atoms with Crippen LogP contribution in [0.1, 0.15) is 64.5 Å². The van der Waals surface area contributed by atoms with E-state index in [2.05, 4.69) is 24.1 Å². The Hall–Kier alpha value is -2.58. The van der Waals surface area contributed by atoms with E-state index in [1.165, 1.54) is 12.4 Å². The first-order valence-corrected chi connectivity index (χ1v) is 12.2. The fourth-order valence-electron chi connectivity index (χ4n) is 4.28. The van der Waals surface area contributed by atoms with Crippen LogP contribution in [0, 0.1) is 5.92 Å². The van der Waals surface area contributed by atoms with Gasteiger partial charge in [-0.2, -0.15) is 0 Å². The molecule has 192 valence electrons. The van der Waals surface area contributed by atoms with Crippen LogP contribution in [-0.4, -0.2) is 42.7 Å². The molecule has 8 heteroatoms. The minimum Gasteiger partial charge on any atom is -0.492 e. The fraction of sp³-hybridized carbons (Fsp3) is 0.556. The van der Waals surface area contributed by atoms with Gasteiger partial charge in [0.2, 0.25) is 0 Å². The molecule has 3 rings (SSSR count). The van der Waals surface area contributed by atoms with E-state index in [0.29, 0.717) is 49.7 Å². The molecule has 6 nitrogen and oxygen atoms in total. The van der Waals surface area contributed by atoms with E-state index in [0.717, 1.165) is 17.7 Å². The highest BCUT2D eigenvalue weighted by atomic mass is 19.3. The number of anilines is 1. The van der Waals surface area contributed by atoms with Crippen molar-refractivity contribution in [1.29, 1.82) is 0 Å². The van der Waals surface area contributed by atoms with Crippen LogP contribution in [0.25, 0.3) is 11.1 Å². The SMILES string of the molecule is CCOc1cncc(-c2ccc(NC3(C(C)=O)CCOCC3)cc2COCCC(C)C)c1C(F)F. The Morgan fingerprint density at radius 2 is 1.94 bits per heavy atom. The minimum absolute atomic E-state index is 0.0493. The summed E-state index contributed by atoms with van der Waals surface area (Å²) >= 11 is 0. The van der Waals surface area contributed by atoms with Crippen LogP contribution in [0.3, 0.4) is 0 Å². The molecule has 0 amide bonds. The lowest BCUT2D eigenvalue weighted by atomic mass is 9.85. The van der Waals surface area contributed by atoms with Crippen LogP contribution < -0.4 is 10.1 Å². The number of rotatable bonds is 12. The molecule has 0 atom stereocenters. The van der Waals surface area contributed by atoms with Gasteiger partial charge in [0, 0.05) is 50.1 Å². The van der Waals surface area contributed by atoms with Crippen molar-refractivity contribution in [3.05, 3.63) is 41.7 Å². The number of hydrogen-bond donors (Lipinski definition) is 1. The average Bonchev–Trinajstić information content (AvgIpc) is 2.82. The molecule has 0 bridgehead atoms. The topological polar surface area (TPSA) is 69.7 Å². The molecule has 1 saturated heterocycles. The Bertz CT molecular complexity index is 991. The van der Waals surface area contributed by atoms with E-state index in [1.54, 1.807) is 19.9 Å². The predicted octanol–water partition coefficient (Wildman–Crippen LogP) is 6.20. The lowest BCUT2D eigenvalue weighted by Crippen LogP contribution is -2.49. The Morgan fingerprint density at radius 3 is 2.57 bits per heavy atom. The highest BCUT2D eigenvalue weighted by molar-refractivity contribution is 5.89. The summed E-state index contributed by atoms with van der Waals surface area (Å²) in [6.07, 6.45) is 2.07. The van der Waals surface area contributed by atoms with Crippen LogP contribution >= 0.6 is 0 Å². The number of ether oxygens (including phenoxy) is 3. The Balaban J connectivity index is 2.01. The summed E-state index contributed by atoms with van der Waals surface area (Å²) < 4.78 is 45.2. The van der Waals surface area contributed by atoms with Gasteiger partial charge in [-0.05, 0) is 49.4 Å². The van der Waals surface area contributed by atoms with Gasteiger partial charge in [0.05, 0.1) is 25.0 Å². The van der Waals surface area contributed by atoms with Crippen molar-refractivity contribution in [3.63, 3.8) is 0 Å². The van der Waals surface area contributed by atoms with Crippen LogP contribution in [0.4, 0.5) is 14.5 Å². The molecule has 1 aliphatic heterocycles. The van der Waals surface area contributed by atoms with Crippen molar-refractivity contribution < 1.29 is 27.8 Å². The number of pyridine rings is 1. The standard InChI is InChI=1S/C27H36F2N2O4/c1-5-35-24-16-30-15-23(25(24)26(28)29)22-7-6-21(14-20(22)17-34-11-8-18(2)3)31-27(19(4)32)9-12-33-13-10-27/h6-7,14-16,18,26,31H,5,8-13,17H2,1-4H3. The Kier molecular flexibility index (Phi) is 9.57. The molecule has 1 N–H and O–H groups in total. The first kappa shape index (κ1) is 27.0. The second-order valence-corrected chi connectivity index (χ2v) is 9.32. The maximum absolute atomic E-state index is 14.2. The van der Waals surface area contributed by atoms with Gasteiger partial charge in [0.1, 0.15) is 11.3 Å². The molecule has 2 aromatic rings. The minimum atomic E-state index is -2.73. The smallest absolute Gasteiger partial charge is 0.268 e. The van der Waals surface area contributed by atoms with Gasteiger partial charge in [-0.1, -0.05) is 19.9 Å². The van der Waals surface area contributed by atoms with Gasteiger partial charge in [-0.3, -0.25) is 9.78 Å². The maximum Gasteiger partial charge on any atom is 0.268 e. The van der Waals surface area contributed by atoms with Crippen molar-refractivity contribution in [3.8, 4) is 16.9 Å². The lowest BCUT2D eigenvalue weighted by molar-refractivity contribution is -0.124. The highest BCUT2D eigenvalue weighted by Gasteiger charge is 2.37. The van der Waals surface area contributed by atoms with E-state index in [1.807, 2.05) is 12.1 Å². The summed E-state index contributed by atoms with van der Waals surface area (Å²) in [5, 5.41) is 3.42. The van der Waals surface area contributed by atoms with Crippen molar-refractivity contribution in [2.75, 3.05) is 31.7 Å². The third-order valence-electron chi connectivity index (χ3n) is 6.37. The monoisotopic (exact) mass is 490 g/mol. The van der Waals surface area contributed by atoms with Gasteiger partial charge < -0.3 is 19.5 Å². The third-order valence-corrected chi connectivity index (χ3v) is 6.37. The number of aromatic nitrogens is 1. The van der Waals surface area contributed by atoms with Gasteiger partial charge in [0.15, 0.2) is 5.78 Å². The quantitative estimate of drug-likeness (QED) is 0.358. The number of nitrogens with one attached hydrogen (secondary N) is 1. The zero-order valence-electron chi connectivity index (χ0n) is 21.0. The number of alkyl halides is 2. The molecule has 35 heavy (non-hydrogen) atoms. The van der Waals surface area contributed by atoms with Crippen molar-refractivity contribution >= 4 is 11.5 Å². The molecular weight excluding hydrogens is 454 g/mol. The largest absolute Gasteiger partial charge is 0.492 e. The third kappa shape index (κ3) is 6.76. The summed E-state index contributed by atoms with van der Waals surface area (Å²) in [5.41, 5.74) is 1.50. The van der Waals surface area contributed by atoms with E-state index in [4.69, 9.17) is 14.2 Å². The summed E-state index contributed by atoms with van der Waals surface area (Å²) in [7, 11) is 0. The number of nitrogens with zero attached hydrogens (tertiary/aromatic N) is 1. The molecule has 0 spiro atoms. The molecule has 2 heterocycles. The summed E-state index contributed by atoms with van der Waals surface area (Å²) in [6.45, 7) is 9.64. The molecule has 1 aromatic heterocycles. The molecule has 0 unspecified atom stereocenters. The van der Waals surface area contributed by atoms with Crippen LogP contribution in [-0.2, 0) is 20.9 Å². The highest BCUT2D eigenvalue weighted by Crippen LogP contribution is 2.40. The van der Waals surface area contributed by atoms with E-state index in [-0.39, 0.29) is 30.3 Å². The second-order valence-electron chi connectivity index (χ2n) is 9.32. The first-order chi connectivity index (χ1) is 16.8. The molecule has 0 aliphatic carbocycles. The van der Waals surface area contributed by atoms with E-state index < -0.39 is 12.0 Å². The molecule has 0 saturated carbocycles. The number of halogens is 2. The molecule has 1 aromatic carbocycles. The van der Waals surface area contributed by atoms with Crippen LogP contribution in [0.2, 0.25) is 0 Å². The molecule has 1 fully saturated rings. The van der Waals surface area contributed by atoms with Crippen LogP contribution in [0.5, 0.6) is 5.75 Å². The number of benzene rings is 1. The number of Topliss-reactive ketones (excluding diaryl/α,β-unsaturated/α-hetero) is 1. The van der Waals surface area contributed by atoms with Crippen molar-refractivity contribution in [2.45, 2.75) is 65.5 Å². The van der Waals surface area contributed by atoms with Gasteiger partial charge in [0.25, 0.3) is 6.43 Å². The fourth-order valence-corrected chi connectivity index (χ4v) is 4.28. The van der Waals surface area contributed by atoms with Crippen molar-refractivity contribution in [2.24, 2.45) is 5.92 Å². The van der Waals surface area contributed by atoms with Crippen LogP contribution in [0.15, 0.2) is 30.6 Å². The number of hydrogen-bond acceptors (Lipinski definition) is 6. The molecule has 1 aliphatic rings. The van der Waals surface area contributed by atoms with E-state index in [9.17, 15) is 13.6 Å². The lowest BCUT2D eigenvalue weighted by Gasteiger charge is -2.36. The van der Waals surface area contributed by atoms with E-state index >= 15 is 0 Å². The molecule has 0 radical (unpaired) electrons. The average molecular weight is 491 g/mol. The maximum atomic E-state index is 14.2. The Morgan fingerprint density at radius 1 is 1.20 bits per heavy atom. The number of carbonyl (C=O) groups excluding carboxylic acids is 1. The summed E-state index contributed by atoms with van der Waals surface area (Å²) in [5.74, 6) is 0.615.